The summed E-state index contributed by atoms with van der Waals surface area (Å²) in [6, 6.07) is 0. The third kappa shape index (κ3) is 1.95. The fourth-order valence-corrected chi connectivity index (χ4v) is 3.28. The molecule has 1 aliphatic carbocycles. The number of hydrogen-bond donors (Lipinski definition) is 0. The highest BCUT2D eigenvalue weighted by Crippen LogP contribution is 2.37. The molecule has 1 aromatic rings. The van der Waals surface area contributed by atoms with Crippen LogP contribution in [0, 0.1) is 0 Å². The Hall–Kier alpha value is -2.44. The molecule has 0 aromatic carbocycles. The molecule has 120 valence electrons. The van der Waals surface area contributed by atoms with Crippen LogP contribution < -0.4 is 0 Å². The van der Waals surface area contributed by atoms with Gasteiger partial charge in [0.25, 0.3) is 0 Å². The summed E-state index contributed by atoms with van der Waals surface area (Å²) in [7, 11) is 0. The topological polar surface area (TPSA) is 81.3 Å². The first-order valence-electron chi connectivity index (χ1n) is 7.88. The minimum absolute atomic E-state index is 0.150. The maximum atomic E-state index is 12.7. The van der Waals surface area contributed by atoms with Crippen LogP contribution in [0.4, 0.5) is 0 Å². The molecule has 0 radical (unpaired) electrons. The van der Waals surface area contributed by atoms with Crippen LogP contribution in [0.5, 0.6) is 0 Å². The van der Waals surface area contributed by atoms with E-state index in [0.29, 0.717) is 35.8 Å². The molecule has 7 nitrogen and oxygen atoms in total. The van der Waals surface area contributed by atoms with Gasteiger partial charge in [0.1, 0.15) is 11.4 Å². The normalized spacial score (nSPS) is 22.3. The number of imidazole rings is 1. The Balaban J connectivity index is 1.76. The van der Waals surface area contributed by atoms with E-state index in [4.69, 9.17) is 4.74 Å². The van der Waals surface area contributed by atoms with Gasteiger partial charge >= 0.3 is 5.97 Å². The first-order valence-corrected chi connectivity index (χ1v) is 7.88. The Kier molecular flexibility index (Phi) is 2.94. The summed E-state index contributed by atoms with van der Waals surface area (Å²) in [5.41, 5.74) is 1.51. The molecule has 3 heterocycles. The number of nitrogens with zero attached hydrogens (tertiary/aromatic N) is 3. The van der Waals surface area contributed by atoms with Gasteiger partial charge in [-0.3, -0.25) is 14.4 Å². The van der Waals surface area contributed by atoms with E-state index in [9.17, 15) is 14.4 Å². The minimum atomic E-state index is -0.473. The van der Waals surface area contributed by atoms with Gasteiger partial charge in [-0.25, -0.2) is 4.98 Å². The van der Waals surface area contributed by atoms with E-state index in [-0.39, 0.29) is 29.7 Å². The predicted molar refractivity (Wildman–Crippen MR) is 78.9 cm³/mol. The smallest absolute Gasteiger partial charge is 0.306 e. The number of rotatable bonds is 3. The van der Waals surface area contributed by atoms with E-state index in [1.54, 1.807) is 18.4 Å². The molecule has 0 amide bonds. The molecule has 0 N–H and O–H groups in total. The SMILES string of the molecule is CCC(=O)O[C@H]1CCn2c1nc1c2C(=O)C(C)=C(N2CC2)C1=O. The van der Waals surface area contributed by atoms with Gasteiger partial charge in [-0.15, -0.1) is 0 Å². The summed E-state index contributed by atoms with van der Waals surface area (Å²) in [5.74, 6) is -0.140. The van der Waals surface area contributed by atoms with Crippen molar-refractivity contribution in [1.82, 2.24) is 14.5 Å². The van der Waals surface area contributed by atoms with Crippen LogP contribution in [-0.4, -0.2) is 45.1 Å². The zero-order valence-electron chi connectivity index (χ0n) is 13.1. The van der Waals surface area contributed by atoms with E-state index in [1.165, 1.54) is 0 Å². The summed E-state index contributed by atoms with van der Waals surface area (Å²) in [6.45, 7) is 5.55. The molecule has 23 heavy (non-hydrogen) atoms. The summed E-state index contributed by atoms with van der Waals surface area (Å²) < 4.78 is 7.12. The molecule has 1 atom stereocenters. The monoisotopic (exact) mass is 315 g/mol. The lowest BCUT2D eigenvalue weighted by atomic mass is 9.95. The number of carbonyl (C=O) groups excluding carboxylic acids is 3. The predicted octanol–water partition coefficient (Wildman–Crippen LogP) is 1.25. The second-order valence-electron chi connectivity index (χ2n) is 6.06. The third-order valence-electron chi connectivity index (χ3n) is 4.57. The van der Waals surface area contributed by atoms with Gasteiger partial charge in [0.2, 0.25) is 11.6 Å². The maximum absolute atomic E-state index is 12.7. The van der Waals surface area contributed by atoms with Gasteiger partial charge in [0, 0.05) is 38.0 Å². The van der Waals surface area contributed by atoms with Crippen LogP contribution in [-0.2, 0) is 16.1 Å². The van der Waals surface area contributed by atoms with Crippen molar-refractivity contribution in [3.8, 4) is 0 Å². The lowest BCUT2D eigenvalue weighted by molar-refractivity contribution is -0.149. The number of aromatic nitrogens is 2. The second kappa shape index (κ2) is 4.78. The van der Waals surface area contributed by atoms with Crippen LogP contribution in [0.1, 0.15) is 59.6 Å². The molecule has 4 rings (SSSR count). The molecule has 0 unspecified atom stereocenters. The fourth-order valence-electron chi connectivity index (χ4n) is 3.28. The van der Waals surface area contributed by atoms with Crippen LogP contribution in [0.25, 0.3) is 0 Å². The number of carbonyl (C=O) groups is 3. The zero-order valence-corrected chi connectivity index (χ0v) is 13.1. The quantitative estimate of drug-likeness (QED) is 0.617. The third-order valence-corrected chi connectivity index (χ3v) is 4.57. The molecule has 2 aliphatic heterocycles. The number of ether oxygens (including phenoxy) is 1. The van der Waals surface area contributed by atoms with Crippen molar-refractivity contribution in [1.29, 1.82) is 0 Å². The average molecular weight is 315 g/mol. The van der Waals surface area contributed by atoms with Gasteiger partial charge < -0.3 is 14.2 Å². The highest BCUT2D eigenvalue weighted by atomic mass is 16.5. The summed E-state index contributed by atoms with van der Waals surface area (Å²) >= 11 is 0. The summed E-state index contributed by atoms with van der Waals surface area (Å²) in [5, 5.41) is 0. The van der Waals surface area contributed by atoms with Gasteiger partial charge in [-0.1, -0.05) is 6.92 Å². The molecule has 3 aliphatic rings. The second-order valence-corrected chi connectivity index (χ2v) is 6.06. The molecule has 1 saturated heterocycles. The first kappa shape index (κ1) is 14.2. The Labute approximate surface area is 132 Å². The van der Waals surface area contributed by atoms with Crippen molar-refractivity contribution in [2.24, 2.45) is 0 Å². The lowest BCUT2D eigenvalue weighted by Gasteiger charge is -2.17. The largest absolute Gasteiger partial charge is 0.454 e. The van der Waals surface area contributed by atoms with Gasteiger partial charge in [-0.2, -0.15) is 0 Å². The Morgan fingerprint density at radius 2 is 2.00 bits per heavy atom. The lowest BCUT2D eigenvalue weighted by Crippen LogP contribution is -2.26. The van der Waals surface area contributed by atoms with Crippen molar-refractivity contribution in [2.75, 3.05) is 13.1 Å². The molecular formula is C16H17N3O4. The molecule has 7 heteroatoms. The highest BCUT2D eigenvalue weighted by molar-refractivity contribution is 6.25. The minimum Gasteiger partial charge on any atom is -0.454 e. The van der Waals surface area contributed by atoms with E-state index in [1.807, 2.05) is 4.90 Å². The van der Waals surface area contributed by atoms with Crippen LogP contribution in [0.15, 0.2) is 11.3 Å². The molecular weight excluding hydrogens is 298 g/mol. The van der Waals surface area contributed by atoms with Crippen LogP contribution in [0.3, 0.4) is 0 Å². The van der Waals surface area contributed by atoms with Gasteiger partial charge in [0.15, 0.2) is 11.9 Å². The standard InChI is InChI=1S/C16H17N3O4/c1-3-10(20)23-9-4-5-19-13-11(17-16(9)19)15(22)12(18-6-7-18)8(2)14(13)21/h9H,3-7H2,1-2H3/t9-/m0/s1. The Bertz CT molecular complexity index is 785. The van der Waals surface area contributed by atoms with Crippen molar-refractivity contribution in [3.05, 3.63) is 28.5 Å². The van der Waals surface area contributed by atoms with Gasteiger partial charge in [0.05, 0.1) is 5.70 Å². The van der Waals surface area contributed by atoms with Crippen LogP contribution >= 0.6 is 0 Å². The average Bonchev–Trinajstić information content (AvgIpc) is 3.17. The molecule has 0 spiro atoms. The van der Waals surface area contributed by atoms with Crippen molar-refractivity contribution < 1.29 is 19.1 Å². The van der Waals surface area contributed by atoms with E-state index in [0.717, 1.165) is 13.1 Å². The number of ketones is 2. The van der Waals surface area contributed by atoms with E-state index in [2.05, 4.69) is 4.98 Å². The number of allylic oxidation sites excluding steroid dienone is 2. The first-order chi connectivity index (χ1) is 11.0. The fraction of sp³-hybridized carbons (Fsp3) is 0.500. The number of hydrogen-bond acceptors (Lipinski definition) is 6. The van der Waals surface area contributed by atoms with Crippen LogP contribution in [0.2, 0.25) is 0 Å². The van der Waals surface area contributed by atoms with Crippen molar-refractivity contribution >= 4 is 17.5 Å². The molecule has 1 fully saturated rings. The number of esters is 1. The van der Waals surface area contributed by atoms with Gasteiger partial charge in [-0.05, 0) is 6.92 Å². The summed E-state index contributed by atoms with van der Waals surface area (Å²) in [4.78, 5) is 43.2. The zero-order chi connectivity index (χ0) is 16.3. The number of Topliss-reactive ketones (excluding diaryl/α,β-unsaturated/α-hetero) is 2. The van der Waals surface area contributed by atoms with E-state index >= 15 is 0 Å². The molecule has 0 saturated carbocycles. The Morgan fingerprint density at radius 3 is 2.65 bits per heavy atom. The van der Waals surface area contributed by atoms with Crippen molar-refractivity contribution in [3.63, 3.8) is 0 Å². The molecule has 0 bridgehead atoms. The maximum Gasteiger partial charge on any atom is 0.306 e. The number of fused-ring (bicyclic) bond motifs is 3. The van der Waals surface area contributed by atoms with E-state index < -0.39 is 6.10 Å². The highest BCUT2D eigenvalue weighted by Gasteiger charge is 2.43. The molecule has 1 aromatic heterocycles. The Morgan fingerprint density at radius 1 is 1.26 bits per heavy atom. The summed E-state index contributed by atoms with van der Waals surface area (Å²) in [6.07, 6.45) is 0.401. The van der Waals surface area contributed by atoms with Crippen molar-refractivity contribution in [2.45, 2.75) is 39.3 Å².